The van der Waals surface area contributed by atoms with Crippen LogP contribution in [0, 0.1) is 0 Å². The first kappa shape index (κ1) is 53.8. The van der Waals surface area contributed by atoms with Crippen molar-refractivity contribution in [1.82, 2.24) is 5.32 Å². The molecular weight excluding hydrogens is 715 g/mol. The largest absolute Gasteiger partial charge is 0.391 e. The van der Waals surface area contributed by atoms with E-state index in [4.69, 9.17) is 0 Å². The maximum Gasteiger partial charge on any atom is 0.266 e. The number of aliphatic hydroxyl groups excluding tert-OH is 1. The maximum absolute atomic E-state index is 12.6. The van der Waals surface area contributed by atoms with E-state index < -0.39 is 28.0 Å². The van der Waals surface area contributed by atoms with Crippen LogP contribution in [-0.4, -0.2) is 41.9 Å². The second kappa shape index (κ2) is 42.4. The molecule has 0 saturated heterocycles. The van der Waals surface area contributed by atoms with Crippen LogP contribution < -0.4 is 5.32 Å². The van der Waals surface area contributed by atoms with E-state index in [1.165, 1.54) is 109 Å². The molecule has 0 fully saturated rings. The Hall–Kier alpha value is -2.22. The van der Waals surface area contributed by atoms with Crippen molar-refractivity contribution in [3.05, 3.63) is 72.9 Å². The molecule has 0 aromatic rings. The summed E-state index contributed by atoms with van der Waals surface area (Å²) in [6, 6.07) is -0.999. The minimum absolute atomic E-state index is 0.261. The van der Waals surface area contributed by atoms with E-state index >= 15 is 0 Å². The third-order valence-corrected chi connectivity index (χ3v) is 11.0. The Morgan fingerprint density at radius 3 is 1.23 bits per heavy atom. The highest BCUT2D eigenvalue weighted by Gasteiger charge is 2.26. The molecule has 3 N–H and O–H groups in total. The Labute approximate surface area is 346 Å². The smallest absolute Gasteiger partial charge is 0.266 e. The predicted molar refractivity (Wildman–Crippen MR) is 244 cm³/mol. The van der Waals surface area contributed by atoms with E-state index in [1.54, 1.807) is 0 Å². The Morgan fingerprint density at radius 1 is 0.500 bits per heavy atom. The molecule has 6 nitrogen and oxygen atoms in total. The van der Waals surface area contributed by atoms with Crippen molar-refractivity contribution in [2.75, 3.05) is 5.75 Å². The van der Waals surface area contributed by atoms with Crippen molar-refractivity contribution in [2.45, 2.75) is 225 Å². The molecule has 0 aromatic heterocycles. The van der Waals surface area contributed by atoms with Crippen LogP contribution in [0.15, 0.2) is 72.9 Å². The van der Waals surface area contributed by atoms with Crippen LogP contribution in [0.25, 0.3) is 0 Å². The highest BCUT2D eigenvalue weighted by Crippen LogP contribution is 2.16. The molecule has 0 spiro atoms. The number of hydrogen-bond donors (Lipinski definition) is 3. The minimum atomic E-state index is -4.33. The fourth-order valence-electron chi connectivity index (χ4n) is 6.75. The molecule has 2 unspecified atom stereocenters. The van der Waals surface area contributed by atoms with Crippen molar-refractivity contribution >= 4 is 16.0 Å². The second-order valence-corrected chi connectivity index (χ2v) is 17.2. The summed E-state index contributed by atoms with van der Waals surface area (Å²) >= 11 is 0. The summed E-state index contributed by atoms with van der Waals surface area (Å²) in [6.07, 6.45) is 60.0. The highest BCUT2D eigenvalue weighted by molar-refractivity contribution is 7.85. The van der Waals surface area contributed by atoms with Gasteiger partial charge in [0.2, 0.25) is 5.91 Å². The number of allylic oxidation sites excluding steroid dienone is 12. The summed E-state index contributed by atoms with van der Waals surface area (Å²) in [5, 5.41) is 13.4. The van der Waals surface area contributed by atoms with Crippen molar-refractivity contribution in [1.29, 1.82) is 0 Å². The quantitative estimate of drug-likeness (QED) is 0.0324. The summed E-state index contributed by atoms with van der Waals surface area (Å²) in [5.41, 5.74) is 0. The van der Waals surface area contributed by atoms with Gasteiger partial charge in [0.15, 0.2) is 0 Å². The molecule has 0 heterocycles. The average molecular weight is 802 g/mol. The van der Waals surface area contributed by atoms with Crippen LogP contribution >= 0.6 is 0 Å². The minimum Gasteiger partial charge on any atom is -0.391 e. The van der Waals surface area contributed by atoms with Crippen molar-refractivity contribution < 1.29 is 22.9 Å². The van der Waals surface area contributed by atoms with Crippen LogP contribution in [0.2, 0.25) is 0 Å². The van der Waals surface area contributed by atoms with Crippen molar-refractivity contribution in [3.63, 3.8) is 0 Å². The molecule has 1 amide bonds. The topological polar surface area (TPSA) is 104 Å². The number of rotatable bonds is 41. The van der Waals surface area contributed by atoms with Gasteiger partial charge in [-0.05, 0) is 64.2 Å². The fraction of sp³-hybridized carbons (Fsp3) is 0.735. The molecule has 7 heteroatoms. The summed E-state index contributed by atoms with van der Waals surface area (Å²) in [5.74, 6) is -0.957. The number of carbonyl (C=O) groups excluding carboxylic acids is 1. The molecular formula is C49H87NO5S. The molecule has 0 aliphatic carbocycles. The molecule has 324 valence electrons. The van der Waals surface area contributed by atoms with E-state index in [-0.39, 0.29) is 12.3 Å². The van der Waals surface area contributed by atoms with Gasteiger partial charge in [-0.3, -0.25) is 9.35 Å². The van der Waals surface area contributed by atoms with Gasteiger partial charge in [-0.25, -0.2) is 0 Å². The first-order valence-electron chi connectivity index (χ1n) is 23.1. The molecule has 2 atom stereocenters. The lowest BCUT2D eigenvalue weighted by atomic mass is 10.0. The summed E-state index contributed by atoms with van der Waals surface area (Å²) in [4.78, 5) is 12.6. The molecule has 0 rings (SSSR count). The molecule has 0 saturated carbocycles. The van der Waals surface area contributed by atoms with E-state index in [1.807, 2.05) is 0 Å². The van der Waals surface area contributed by atoms with Gasteiger partial charge in [0, 0.05) is 6.42 Å². The van der Waals surface area contributed by atoms with E-state index in [0.29, 0.717) is 12.8 Å². The lowest BCUT2D eigenvalue weighted by Crippen LogP contribution is -2.47. The number of hydrogen-bond acceptors (Lipinski definition) is 4. The molecule has 0 aliphatic rings. The van der Waals surface area contributed by atoms with E-state index in [9.17, 15) is 22.9 Å². The summed E-state index contributed by atoms with van der Waals surface area (Å²) in [7, 11) is -4.33. The Bertz CT molecular complexity index is 1150. The third-order valence-electron chi connectivity index (χ3n) is 10.2. The highest BCUT2D eigenvalue weighted by atomic mass is 32.2. The molecule has 0 bridgehead atoms. The maximum atomic E-state index is 12.6. The molecule has 0 aliphatic heterocycles. The van der Waals surface area contributed by atoms with Crippen LogP contribution in [0.5, 0.6) is 0 Å². The Balaban J connectivity index is 3.92. The van der Waals surface area contributed by atoms with Crippen LogP contribution in [-0.2, 0) is 14.9 Å². The van der Waals surface area contributed by atoms with Gasteiger partial charge in [0.05, 0.1) is 17.9 Å². The van der Waals surface area contributed by atoms with Gasteiger partial charge >= 0.3 is 0 Å². The zero-order chi connectivity index (χ0) is 41.1. The number of nitrogens with one attached hydrogen (secondary N) is 1. The predicted octanol–water partition coefficient (Wildman–Crippen LogP) is 14.2. The van der Waals surface area contributed by atoms with Gasteiger partial charge in [-0.15, -0.1) is 0 Å². The van der Waals surface area contributed by atoms with Gasteiger partial charge in [0.25, 0.3) is 10.1 Å². The monoisotopic (exact) mass is 802 g/mol. The Kier molecular flexibility index (Phi) is 40.7. The van der Waals surface area contributed by atoms with E-state index in [2.05, 4.69) is 92.1 Å². The summed E-state index contributed by atoms with van der Waals surface area (Å²) < 4.78 is 32.7. The lowest BCUT2D eigenvalue weighted by molar-refractivity contribution is -0.122. The molecule has 0 aromatic carbocycles. The SMILES string of the molecule is CC/C=C\C/C=C\C/C=C\C/C=C\C/C=C\C/C=C\CCCCC(=O)NC(CS(=O)(=O)O)C(O)CCCCCCCCCCCCCCCCCCCCCC. The molecule has 56 heavy (non-hydrogen) atoms. The van der Waals surface area contributed by atoms with E-state index in [0.717, 1.165) is 70.6 Å². The second-order valence-electron chi connectivity index (χ2n) is 15.7. The summed E-state index contributed by atoms with van der Waals surface area (Å²) in [6.45, 7) is 4.42. The first-order valence-corrected chi connectivity index (χ1v) is 24.7. The number of carbonyl (C=O) groups is 1. The Morgan fingerprint density at radius 2 is 0.857 bits per heavy atom. The number of amides is 1. The fourth-order valence-corrected chi connectivity index (χ4v) is 7.51. The standard InChI is InChI=1S/C49H87NO5S/c1-3-5-7-9-11-13-15-17-19-21-23-25-27-29-31-33-35-37-39-41-43-45-49(52)50-47(46-56(53,54)55)48(51)44-42-40-38-36-34-32-30-28-26-24-22-20-18-16-14-12-10-8-6-4-2/h5,7,11,13,17,19,23,25,29,31,35,37,47-48,51H,3-4,6,8-10,12,14-16,18,20-22,24,26-28,30,32-34,36,38-46H2,1-2H3,(H,50,52)(H,53,54,55)/b7-5-,13-11-,19-17-,25-23-,31-29-,37-35-. The normalized spacial score (nSPS) is 13.9. The van der Waals surface area contributed by atoms with Gasteiger partial charge in [-0.2, -0.15) is 8.42 Å². The van der Waals surface area contributed by atoms with Crippen LogP contribution in [0.3, 0.4) is 0 Å². The van der Waals surface area contributed by atoms with Gasteiger partial charge < -0.3 is 10.4 Å². The van der Waals surface area contributed by atoms with Crippen molar-refractivity contribution in [2.24, 2.45) is 0 Å². The van der Waals surface area contributed by atoms with Crippen LogP contribution in [0.4, 0.5) is 0 Å². The first-order chi connectivity index (χ1) is 27.3. The van der Waals surface area contributed by atoms with Crippen molar-refractivity contribution in [3.8, 4) is 0 Å². The third kappa shape index (κ3) is 42.9. The zero-order valence-corrected chi connectivity index (χ0v) is 37.1. The van der Waals surface area contributed by atoms with Crippen LogP contribution in [0.1, 0.15) is 213 Å². The number of unbranched alkanes of at least 4 members (excludes halogenated alkanes) is 21. The zero-order valence-electron chi connectivity index (χ0n) is 36.2. The molecule has 0 radical (unpaired) electrons. The average Bonchev–Trinajstić information content (AvgIpc) is 3.16. The lowest BCUT2D eigenvalue weighted by Gasteiger charge is -2.23. The number of aliphatic hydroxyl groups is 1. The van der Waals surface area contributed by atoms with Gasteiger partial charge in [-0.1, -0.05) is 215 Å². The van der Waals surface area contributed by atoms with Gasteiger partial charge in [0.1, 0.15) is 0 Å².